The molecule has 106 valence electrons. The zero-order valence-corrected chi connectivity index (χ0v) is 15.1. The van der Waals surface area contributed by atoms with Gasteiger partial charge in [-0.1, -0.05) is 48.5 Å². The third-order valence-corrected chi connectivity index (χ3v) is 5.87. The minimum Gasteiger partial charge on any atom is -0.271 e. The first-order valence-corrected chi connectivity index (χ1v) is 8.95. The molecule has 3 atom stereocenters. The Labute approximate surface area is 138 Å². The lowest BCUT2D eigenvalue weighted by Gasteiger charge is -2.37. The van der Waals surface area contributed by atoms with Gasteiger partial charge in [-0.05, 0) is 64.6 Å². The zero-order chi connectivity index (χ0) is 13.8. The molecule has 4 heteroatoms. The van der Waals surface area contributed by atoms with Crippen molar-refractivity contribution in [2.24, 2.45) is 17.7 Å². The Bertz CT molecular complexity index is 425. The number of hydrazine groups is 1. The zero-order valence-electron chi connectivity index (χ0n) is 11.3. The smallest absolute Gasteiger partial charge is 0.0501 e. The lowest BCUT2D eigenvalue weighted by atomic mass is 9.72. The van der Waals surface area contributed by atoms with E-state index in [1.165, 1.54) is 41.2 Å². The molecule has 0 heterocycles. The predicted octanol–water partition coefficient (Wildman–Crippen LogP) is 4.77. The van der Waals surface area contributed by atoms with Gasteiger partial charge in [0.25, 0.3) is 0 Å². The second-order valence-corrected chi connectivity index (χ2v) is 7.50. The average molecular weight is 437 g/mol. The summed E-state index contributed by atoms with van der Waals surface area (Å²) in [6, 6.07) is 6.74. The second kappa shape index (κ2) is 7.38. The number of rotatable bonds is 4. The number of hydrogen-bond donors (Lipinski definition) is 2. The van der Waals surface area contributed by atoms with Crippen LogP contribution in [0.5, 0.6) is 0 Å². The van der Waals surface area contributed by atoms with Crippen molar-refractivity contribution in [3.8, 4) is 0 Å². The molecule has 2 rings (SSSR count). The van der Waals surface area contributed by atoms with Gasteiger partial charge in [0.15, 0.2) is 0 Å². The Morgan fingerprint density at radius 1 is 1.42 bits per heavy atom. The van der Waals surface area contributed by atoms with Crippen LogP contribution in [0.15, 0.2) is 22.7 Å². The quantitative estimate of drug-likeness (QED) is 0.405. The van der Waals surface area contributed by atoms with Gasteiger partial charge in [0.2, 0.25) is 0 Å². The summed E-state index contributed by atoms with van der Waals surface area (Å²) < 4.78 is 2.43. The van der Waals surface area contributed by atoms with Crippen molar-refractivity contribution in [1.29, 1.82) is 0 Å². The highest BCUT2D eigenvalue weighted by Gasteiger charge is 2.32. The first kappa shape index (κ1) is 15.7. The van der Waals surface area contributed by atoms with E-state index in [9.17, 15) is 0 Å². The van der Waals surface area contributed by atoms with Crippen LogP contribution in [0.3, 0.4) is 0 Å². The van der Waals surface area contributed by atoms with Crippen molar-refractivity contribution in [3.05, 3.63) is 31.8 Å². The van der Waals surface area contributed by atoms with Gasteiger partial charge in [0.1, 0.15) is 0 Å². The lowest BCUT2D eigenvalue weighted by Crippen LogP contribution is -2.38. The molecular formula is C15H22BrIN2. The van der Waals surface area contributed by atoms with Crippen LogP contribution in [-0.4, -0.2) is 0 Å². The summed E-state index contributed by atoms with van der Waals surface area (Å²) in [6.45, 7) is 2.31. The third-order valence-electron chi connectivity index (χ3n) is 4.39. The normalized spacial score (nSPS) is 25.3. The fraction of sp³-hybridized carbons (Fsp3) is 0.600. The molecule has 1 aromatic carbocycles. The maximum atomic E-state index is 5.90. The van der Waals surface area contributed by atoms with Crippen LogP contribution < -0.4 is 11.3 Å². The minimum atomic E-state index is 0.273. The van der Waals surface area contributed by atoms with E-state index in [1.807, 2.05) is 0 Å². The first-order valence-electron chi connectivity index (χ1n) is 7.08. The molecule has 1 aromatic rings. The van der Waals surface area contributed by atoms with Crippen molar-refractivity contribution < 1.29 is 0 Å². The summed E-state index contributed by atoms with van der Waals surface area (Å²) in [5.41, 5.74) is 4.43. The van der Waals surface area contributed by atoms with Gasteiger partial charge in [0, 0.05) is 8.04 Å². The molecule has 0 amide bonds. The molecule has 0 bridgehead atoms. The molecule has 0 radical (unpaired) electrons. The summed E-state index contributed by atoms with van der Waals surface area (Å²) in [6.07, 6.45) is 6.61. The summed E-state index contributed by atoms with van der Waals surface area (Å²) in [5, 5.41) is 0. The molecule has 1 aliphatic carbocycles. The minimum absolute atomic E-state index is 0.273. The van der Waals surface area contributed by atoms with Crippen LogP contribution in [0.25, 0.3) is 0 Å². The van der Waals surface area contributed by atoms with Gasteiger partial charge in [-0.25, -0.2) is 0 Å². The molecule has 0 saturated heterocycles. The number of nitrogens with one attached hydrogen (secondary N) is 1. The highest BCUT2D eigenvalue weighted by atomic mass is 127. The fourth-order valence-electron chi connectivity index (χ4n) is 3.38. The van der Waals surface area contributed by atoms with Crippen LogP contribution >= 0.6 is 38.5 Å². The van der Waals surface area contributed by atoms with Crippen molar-refractivity contribution in [2.45, 2.75) is 45.1 Å². The molecule has 1 saturated carbocycles. The van der Waals surface area contributed by atoms with E-state index in [1.54, 1.807) is 0 Å². The van der Waals surface area contributed by atoms with Crippen LogP contribution in [-0.2, 0) is 0 Å². The molecule has 0 aromatic heterocycles. The highest BCUT2D eigenvalue weighted by molar-refractivity contribution is 14.1. The largest absolute Gasteiger partial charge is 0.271 e. The van der Waals surface area contributed by atoms with Gasteiger partial charge in [0.05, 0.1) is 6.04 Å². The SMILES string of the molecule is CCC1CCCCC1C(NN)c1cc(Br)ccc1I. The molecule has 19 heavy (non-hydrogen) atoms. The van der Waals surface area contributed by atoms with Crippen LogP contribution in [0, 0.1) is 15.4 Å². The van der Waals surface area contributed by atoms with Gasteiger partial charge in [-0.2, -0.15) is 0 Å². The van der Waals surface area contributed by atoms with Gasteiger partial charge >= 0.3 is 0 Å². The van der Waals surface area contributed by atoms with Crippen molar-refractivity contribution in [2.75, 3.05) is 0 Å². The Morgan fingerprint density at radius 2 is 2.16 bits per heavy atom. The maximum absolute atomic E-state index is 5.90. The molecule has 3 unspecified atom stereocenters. The van der Waals surface area contributed by atoms with Crippen molar-refractivity contribution in [3.63, 3.8) is 0 Å². The molecule has 0 aliphatic heterocycles. The molecule has 1 fully saturated rings. The third kappa shape index (κ3) is 3.71. The average Bonchev–Trinajstić information content (AvgIpc) is 2.44. The van der Waals surface area contributed by atoms with E-state index >= 15 is 0 Å². The van der Waals surface area contributed by atoms with Crippen molar-refractivity contribution in [1.82, 2.24) is 5.43 Å². The number of benzene rings is 1. The Morgan fingerprint density at radius 3 is 2.84 bits per heavy atom. The summed E-state index contributed by atoms with van der Waals surface area (Å²) in [4.78, 5) is 0. The number of nitrogens with two attached hydrogens (primary N) is 1. The number of halogens is 2. The maximum Gasteiger partial charge on any atom is 0.0501 e. The first-order chi connectivity index (χ1) is 9.17. The van der Waals surface area contributed by atoms with E-state index in [2.05, 4.69) is 69.1 Å². The van der Waals surface area contributed by atoms with Crippen LogP contribution in [0.2, 0.25) is 0 Å². The molecule has 0 spiro atoms. The molecule has 3 N–H and O–H groups in total. The Kier molecular flexibility index (Phi) is 6.11. The fourth-order valence-corrected chi connectivity index (χ4v) is 4.43. The summed E-state index contributed by atoms with van der Waals surface area (Å²) in [5.74, 6) is 7.36. The van der Waals surface area contributed by atoms with E-state index in [0.717, 1.165) is 10.4 Å². The number of hydrogen-bond acceptors (Lipinski definition) is 2. The Hall–Kier alpha value is 0.350. The van der Waals surface area contributed by atoms with E-state index in [0.29, 0.717) is 5.92 Å². The molecule has 2 nitrogen and oxygen atoms in total. The van der Waals surface area contributed by atoms with Gasteiger partial charge in [-0.3, -0.25) is 11.3 Å². The predicted molar refractivity (Wildman–Crippen MR) is 92.7 cm³/mol. The molecular weight excluding hydrogens is 415 g/mol. The van der Waals surface area contributed by atoms with Crippen LogP contribution in [0.4, 0.5) is 0 Å². The monoisotopic (exact) mass is 436 g/mol. The summed E-state index contributed by atoms with van der Waals surface area (Å²) >= 11 is 5.99. The lowest BCUT2D eigenvalue weighted by molar-refractivity contribution is 0.175. The van der Waals surface area contributed by atoms with E-state index in [-0.39, 0.29) is 6.04 Å². The topological polar surface area (TPSA) is 38.0 Å². The van der Waals surface area contributed by atoms with E-state index in [4.69, 9.17) is 5.84 Å². The van der Waals surface area contributed by atoms with Gasteiger partial charge in [-0.15, -0.1) is 0 Å². The standard InChI is InChI=1S/C15H22BrIN2/c1-2-10-5-3-4-6-12(10)15(19-18)13-9-11(16)7-8-14(13)17/h7-10,12,15,19H,2-6,18H2,1H3. The van der Waals surface area contributed by atoms with Gasteiger partial charge < -0.3 is 0 Å². The summed E-state index contributed by atoms with van der Waals surface area (Å²) in [7, 11) is 0. The Balaban J connectivity index is 2.29. The van der Waals surface area contributed by atoms with Crippen molar-refractivity contribution >= 4 is 38.5 Å². The highest BCUT2D eigenvalue weighted by Crippen LogP contribution is 2.41. The van der Waals surface area contributed by atoms with Crippen LogP contribution in [0.1, 0.15) is 50.6 Å². The second-order valence-electron chi connectivity index (χ2n) is 5.43. The molecule has 1 aliphatic rings. The van der Waals surface area contributed by atoms with E-state index < -0.39 is 0 Å².